The van der Waals surface area contributed by atoms with Gasteiger partial charge in [0.05, 0.1) is 0 Å². The molecule has 0 aliphatic carbocycles. The molecule has 0 nitrogen and oxygen atoms in total. The molecule has 0 N–H and O–H groups in total. The molecule has 0 radical (unpaired) electrons. The van der Waals surface area contributed by atoms with E-state index in [1.54, 1.807) is 0 Å². The van der Waals surface area contributed by atoms with Gasteiger partial charge < -0.3 is 0 Å². The summed E-state index contributed by atoms with van der Waals surface area (Å²) < 4.78 is 0. The quantitative estimate of drug-likeness (QED) is 0.0588. The van der Waals surface area contributed by atoms with Crippen LogP contribution in [0.2, 0.25) is 0 Å². The van der Waals surface area contributed by atoms with Crippen LogP contribution in [0.1, 0.15) is 219 Å². The van der Waals surface area contributed by atoms with Crippen molar-refractivity contribution < 1.29 is 0 Å². The van der Waals surface area contributed by atoms with Crippen molar-refractivity contribution in [2.45, 2.75) is 219 Å². The number of halogens is 1. The largest absolute Gasteiger partial charge is 0.127 e. The van der Waals surface area contributed by atoms with E-state index in [-0.39, 0.29) is 0 Å². The summed E-state index contributed by atoms with van der Waals surface area (Å²) >= 11 is 5.72. The van der Waals surface area contributed by atoms with E-state index in [1.165, 1.54) is 212 Å². The number of hydrogen-bond donors (Lipinski definition) is 0. The van der Waals surface area contributed by atoms with Crippen molar-refractivity contribution in [2.75, 3.05) is 5.88 Å². The molecule has 0 aromatic rings. The molecular formula is C35H71Cl. The molecule has 0 aromatic carbocycles. The van der Waals surface area contributed by atoms with E-state index in [2.05, 4.69) is 6.92 Å². The molecule has 0 aromatic heterocycles. The minimum Gasteiger partial charge on any atom is -0.127 e. The fraction of sp³-hybridized carbons (Fsp3) is 1.00. The third-order valence-corrected chi connectivity index (χ3v) is 8.50. The summed E-state index contributed by atoms with van der Waals surface area (Å²) in [6, 6.07) is 0. The summed E-state index contributed by atoms with van der Waals surface area (Å²) in [5.41, 5.74) is 0. The van der Waals surface area contributed by atoms with Gasteiger partial charge in [-0.2, -0.15) is 0 Å². The van der Waals surface area contributed by atoms with Crippen LogP contribution in [0.3, 0.4) is 0 Å². The van der Waals surface area contributed by atoms with Crippen molar-refractivity contribution in [3.05, 3.63) is 0 Å². The highest BCUT2D eigenvalue weighted by molar-refractivity contribution is 6.17. The van der Waals surface area contributed by atoms with Gasteiger partial charge in [0, 0.05) is 5.88 Å². The Morgan fingerprint density at radius 2 is 0.361 bits per heavy atom. The second-order valence-electron chi connectivity index (χ2n) is 12.0. The standard InChI is InChI=1S/C35H71Cl/c1-2-3-4-5-6-7-8-9-10-11-12-13-14-15-16-17-18-19-20-21-22-23-24-25-26-27-28-29-30-31-32-33-34-35-36/h2-35H2,1H3. The lowest BCUT2D eigenvalue weighted by Crippen LogP contribution is -1.85. The van der Waals surface area contributed by atoms with Crippen LogP contribution in [0.15, 0.2) is 0 Å². The van der Waals surface area contributed by atoms with Crippen LogP contribution < -0.4 is 0 Å². The van der Waals surface area contributed by atoms with Gasteiger partial charge in [0.1, 0.15) is 0 Å². The molecule has 0 atom stereocenters. The molecule has 0 rings (SSSR count). The van der Waals surface area contributed by atoms with Crippen LogP contribution in [0.25, 0.3) is 0 Å². The summed E-state index contributed by atoms with van der Waals surface area (Å²) in [4.78, 5) is 0. The van der Waals surface area contributed by atoms with Crippen molar-refractivity contribution in [3.63, 3.8) is 0 Å². The van der Waals surface area contributed by atoms with Crippen molar-refractivity contribution in [1.29, 1.82) is 0 Å². The highest BCUT2D eigenvalue weighted by atomic mass is 35.5. The smallest absolute Gasteiger partial charge is 0.0223 e. The maximum Gasteiger partial charge on any atom is 0.0223 e. The Kier molecular flexibility index (Phi) is 35.6. The van der Waals surface area contributed by atoms with Gasteiger partial charge in [-0.25, -0.2) is 0 Å². The molecule has 218 valence electrons. The van der Waals surface area contributed by atoms with Crippen LogP contribution in [0.5, 0.6) is 0 Å². The number of alkyl halides is 1. The zero-order valence-electron chi connectivity index (χ0n) is 25.4. The average molecular weight is 527 g/mol. The van der Waals surface area contributed by atoms with Gasteiger partial charge >= 0.3 is 0 Å². The second kappa shape index (κ2) is 35.3. The maximum atomic E-state index is 5.72. The molecule has 1 heteroatoms. The first kappa shape index (κ1) is 36.3. The van der Waals surface area contributed by atoms with E-state index in [0.717, 1.165) is 5.88 Å². The lowest BCUT2D eigenvalue weighted by Gasteiger charge is -2.04. The zero-order chi connectivity index (χ0) is 26.0. The van der Waals surface area contributed by atoms with Crippen molar-refractivity contribution in [3.8, 4) is 0 Å². The highest BCUT2D eigenvalue weighted by Crippen LogP contribution is 2.16. The SMILES string of the molecule is CCCCCCCCCCCCCCCCCCCCCCCCCCCCCCCCCCCCl. The number of unbranched alkanes of at least 4 members (excludes halogenated alkanes) is 32. The summed E-state index contributed by atoms with van der Waals surface area (Å²) in [5.74, 6) is 0.847. The molecule has 0 saturated heterocycles. The monoisotopic (exact) mass is 527 g/mol. The van der Waals surface area contributed by atoms with E-state index < -0.39 is 0 Å². The third-order valence-electron chi connectivity index (χ3n) is 8.24. The van der Waals surface area contributed by atoms with Crippen molar-refractivity contribution in [1.82, 2.24) is 0 Å². The lowest BCUT2D eigenvalue weighted by molar-refractivity contribution is 0.512. The third kappa shape index (κ3) is 34.3. The van der Waals surface area contributed by atoms with Crippen LogP contribution >= 0.6 is 11.6 Å². The highest BCUT2D eigenvalue weighted by Gasteiger charge is 1.97. The van der Waals surface area contributed by atoms with Gasteiger partial charge in [0.25, 0.3) is 0 Å². The zero-order valence-corrected chi connectivity index (χ0v) is 26.2. The predicted molar refractivity (Wildman–Crippen MR) is 169 cm³/mol. The minimum absolute atomic E-state index is 0.847. The summed E-state index contributed by atoms with van der Waals surface area (Å²) in [6.45, 7) is 2.31. The molecule has 0 aliphatic rings. The Hall–Kier alpha value is 0.290. The molecule has 0 fully saturated rings. The Balaban J connectivity index is 3.00. The van der Waals surface area contributed by atoms with Gasteiger partial charge in [-0.15, -0.1) is 11.6 Å². The molecule has 0 saturated carbocycles. The molecular weight excluding hydrogens is 456 g/mol. The molecule has 0 unspecified atom stereocenters. The lowest BCUT2D eigenvalue weighted by atomic mass is 10.0. The molecule has 0 heterocycles. The Morgan fingerprint density at radius 1 is 0.222 bits per heavy atom. The Labute approximate surface area is 235 Å². The number of rotatable bonds is 33. The van der Waals surface area contributed by atoms with Gasteiger partial charge in [0.2, 0.25) is 0 Å². The Bertz CT molecular complexity index is 319. The van der Waals surface area contributed by atoms with Crippen LogP contribution in [-0.4, -0.2) is 5.88 Å². The summed E-state index contributed by atoms with van der Waals surface area (Å²) in [6.07, 6.45) is 48.2. The van der Waals surface area contributed by atoms with Crippen LogP contribution in [-0.2, 0) is 0 Å². The molecule has 0 aliphatic heterocycles. The second-order valence-corrected chi connectivity index (χ2v) is 12.4. The normalized spacial score (nSPS) is 11.5. The van der Waals surface area contributed by atoms with Gasteiger partial charge in [0.15, 0.2) is 0 Å². The Morgan fingerprint density at radius 3 is 0.500 bits per heavy atom. The molecule has 0 bridgehead atoms. The van der Waals surface area contributed by atoms with E-state index in [0.29, 0.717) is 0 Å². The topological polar surface area (TPSA) is 0 Å². The van der Waals surface area contributed by atoms with Gasteiger partial charge in [-0.3, -0.25) is 0 Å². The summed E-state index contributed by atoms with van der Waals surface area (Å²) in [7, 11) is 0. The van der Waals surface area contributed by atoms with Gasteiger partial charge in [-0.05, 0) is 6.42 Å². The van der Waals surface area contributed by atoms with Crippen LogP contribution in [0, 0.1) is 0 Å². The average Bonchev–Trinajstić information content (AvgIpc) is 2.89. The van der Waals surface area contributed by atoms with E-state index in [4.69, 9.17) is 11.6 Å². The van der Waals surface area contributed by atoms with E-state index in [9.17, 15) is 0 Å². The predicted octanol–water partition coefficient (Wildman–Crippen LogP) is 14.1. The fourth-order valence-electron chi connectivity index (χ4n) is 5.65. The maximum absolute atomic E-state index is 5.72. The first-order valence-electron chi connectivity index (χ1n) is 17.5. The van der Waals surface area contributed by atoms with E-state index in [1.807, 2.05) is 0 Å². The molecule has 0 spiro atoms. The van der Waals surface area contributed by atoms with Gasteiger partial charge in [-0.1, -0.05) is 212 Å². The first-order chi connectivity index (χ1) is 17.9. The van der Waals surface area contributed by atoms with Crippen molar-refractivity contribution in [2.24, 2.45) is 0 Å². The van der Waals surface area contributed by atoms with Crippen LogP contribution in [0.4, 0.5) is 0 Å². The minimum atomic E-state index is 0.847. The van der Waals surface area contributed by atoms with Crippen molar-refractivity contribution >= 4 is 11.6 Å². The molecule has 0 amide bonds. The first-order valence-corrected chi connectivity index (χ1v) is 18.0. The summed E-state index contributed by atoms with van der Waals surface area (Å²) in [5, 5.41) is 0. The van der Waals surface area contributed by atoms with E-state index >= 15 is 0 Å². The number of hydrogen-bond acceptors (Lipinski definition) is 0. The molecule has 36 heavy (non-hydrogen) atoms. The fourth-order valence-corrected chi connectivity index (χ4v) is 5.84.